The van der Waals surface area contributed by atoms with Crippen molar-refractivity contribution in [3.05, 3.63) is 30.1 Å². The van der Waals surface area contributed by atoms with Crippen molar-refractivity contribution in [2.75, 3.05) is 0 Å². The van der Waals surface area contributed by atoms with E-state index < -0.39 is 0 Å². The lowest BCUT2D eigenvalue weighted by Crippen LogP contribution is -2.28. The molecule has 1 aromatic rings. The van der Waals surface area contributed by atoms with Gasteiger partial charge < -0.3 is 5.73 Å². The smallest absolute Gasteiger partial charge is 0.237 e. The van der Waals surface area contributed by atoms with Crippen LogP contribution in [0, 0.1) is 0 Å². The molecule has 7 nitrogen and oxygen atoms in total. The third kappa shape index (κ3) is 3.07. The molecule has 5 N–H and O–H groups in total. The number of nitrogens with zero attached hydrogens (tertiary/aromatic N) is 3. The maximum absolute atomic E-state index is 8.89. The Labute approximate surface area is 79.7 Å². The first kappa shape index (κ1) is 9.93. The number of hydrogen-bond acceptors (Lipinski definition) is 4. The van der Waals surface area contributed by atoms with Crippen molar-refractivity contribution < 1.29 is 15.1 Å². The molecule has 0 bridgehead atoms. The summed E-state index contributed by atoms with van der Waals surface area (Å²) in [5.41, 5.74) is 7.46. The van der Waals surface area contributed by atoms with Gasteiger partial charge in [-0.3, -0.25) is 10.4 Å². The van der Waals surface area contributed by atoms with Crippen molar-refractivity contribution in [1.82, 2.24) is 5.48 Å². The molecule has 0 aromatic carbocycles. The zero-order valence-corrected chi connectivity index (χ0v) is 7.20. The number of nitrogens with two attached hydrogens (primary N) is 1. The molecule has 14 heavy (non-hydrogen) atoms. The highest BCUT2D eigenvalue weighted by atomic mass is 16.5. The first-order chi connectivity index (χ1) is 6.72. The Morgan fingerprint density at radius 1 is 1.50 bits per heavy atom. The summed E-state index contributed by atoms with van der Waals surface area (Å²) in [5, 5.41) is 24.1. The zero-order valence-electron chi connectivity index (χ0n) is 7.20. The predicted molar refractivity (Wildman–Crippen MR) is 48.0 cm³/mol. The van der Waals surface area contributed by atoms with E-state index in [0.717, 1.165) is 10.3 Å². The molecule has 0 aliphatic rings. The third-order valence-corrected chi connectivity index (χ3v) is 1.33. The molecule has 0 aliphatic carbocycles. The van der Waals surface area contributed by atoms with Crippen molar-refractivity contribution in [1.29, 1.82) is 0 Å². The summed E-state index contributed by atoms with van der Waals surface area (Å²) >= 11 is 0. The van der Waals surface area contributed by atoms with Gasteiger partial charge >= 0.3 is 0 Å². The Kier molecular flexibility index (Phi) is 3.39. The molecule has 0 radical (unpaired) electrons. The molecule has 0 aliphatic heterocycles. The summed E-state index contributed by atoms with van der Waals surface area (Å²) in [6, 6.07) is 3.25. The lowest BCUT2D eigenvalue weighted by molar-refractivity contribution is -0.904. The molecular weight excluding hydrogens is 186 g/mol. The Balaban J connectivity index is 2.65. The average Bonchev–Trinajstić information content (AvgIpc) is 2.21. The lowest BCUT2D eigenvalue weighted by Gasteiger charge is -1.90. The molecule has 1 rings (SSSR count). The van der Waals surface area contributed by atoms with E-state index in [9.17, 15) is 0 Å². The van der Waals surface area contributed by atoms with E-state index in [4.69, 9.17) is 16.1 Å². The maximum Gasteiger partial charge on any atom is 0.237 e. The summed E-state index contributed by atoms with van der Waals surface area (Å²) in [7, 11) is 0. The predicted octanol–water partition coefficient (Wildman–Crippen LogP) is -1.16. The van der Waals surface area contributed by atoms with Crippen LogP contribution in [-0.4, -0.2) is 22.6 Å². The first-order valence-electron chi connectivity index (χ1n) is 3.69. The minimum absolute atomic E-state index is 0.200. The number of guanidine groups is 1. The van der Waals surface area contributed by atoms with E-state index in [-0.39, 0.29) is 5.96 Å². The fourth-order valence-electron chi connectivity index (χ4n) is 0.696. The molecule has 0 atom stereocenters. The van der Waals surface area contributed by atoms with Gasteiger partial charge in [-0.05, 0) is 0 Å². The number of rotatable bonds is 2. The molecule has 0 saturated heterocycles. The van der Waals surface area contributed by atoms with Crippen molar-refractivity contribution in [2.24, 2.45) is 15.9 Å². The summed E-state index contributed by atoms with van der Waals surface area (Å²) in [4.78, 5) is 0. The van der Waals surface area contributed by atoms with Crippen molar-refractivity contribution in [2.45, 2.75) is 0 Å². The first-order valence-corrected chi connectivity index (χ1v) is 3.69. The second kappa shape index (κ2) is 4.77. The fourth-order valence-corrected chi connectivity index (χ4v) is 0.696. The second-order valence-corrected chi connectivity index (χ2v) is 2.35. The van der Waals surface area contributed by atoms with Gasteiger partial charge in [-0.1, -0.05) is 0 Å². The largest absolute Gasteiger partial charge is 0.367 e. The monoisotopic (exact) mass is 196 g/mol. The zero-order chi connectivity index (χ0) is 10.4. The van der Waals surface area contributed by atoms with Crippen molar-refractivity contribution in [3.8, 4) is 0 Å². The van der Waals surface area contributed by atoms with Gasteiger partial charge in [-0.25, -0.2) is 5.48 Å². The van der Waals surface area contributed by atoms with Gasteiger partial charge in [0.2, 0.25) is 18.4 Å². The van der Waals surface area contributed by atoms with Gasteiger partial charge in [0.15, 0.2) is 0 Å². The molecule has 0 fully saturated rings. The molecule has 74 valence electrons. The van der Waals surface area contributed by atoms with Gasteiger partial charge in [-0.15, -0.1) is 5.10 Å². The number of aromatic nitrogens is 1. The molecule has 0 spiro atoms. The maximum atomic E-state index is 8.89. The second-order valence-electron chi connectivity index (χ2n) is 2.35. The number of pyridine rings is 1. The Bertz CT molecular complexity index is 346. The van der Waals surface area contributed by atoms with Crippen LogP contribution in [0.2, 0.25) is 0 Å². The standard InChI is InChI=1S/C7H9N5O2/c8-7(11-13)10-9-5-6-1-3-12(14)4-2-6/h1-5,14H,(H3,8,9,10,11,13)/p+1. The van der Waals surface area contributed by atoms with Crippen LogP contribution >= 0.6 is 0 Å². The van der Waals surface area contributed by atoms with Gasteiger partial charge in [0.05, 0.1) is 6.21 Å². The highest BCUT2D eigenvalue weighted by Gasteiger charge is 1.93. The van der Waals surface area contributed by atoms with Gasteiger partial charge in [0, 0.05) is 22.4 Å². The van der Waals surface area contributed by atoms with Crippen molar-refractivity contribution in [3.63, 3.8) is 0 Å². The molecule has 7 heteroatoms. The Morgan fingerprint density at radius 2 is 2.14 bits per heavy atom. The fraction of sp³-hybridized carbons (Fsp3) is 0. The lowest BCUT2D eigenvalue weighted by atomic mass is 10.3. The normalized spacial score (nSPS) is 11.9. The molecule has 1 heterocycles. The van der Waals surface area contributed by atoms with Crippen LogP contribution < -0.4 is 15.9 Å². The molecule has 0 saturated carbocycles. The van der Waals surface area contributed by atoms with Crippen LogP contribution in [0.5, 0.6) is 0 Å². The minimum atomic E-state index is -0.200. The van der Waals surface area contributed by atoms with Gasteiger partial charge in [-0.2, -0.15) is 5.10 Å². The molecular formula is C7H10N5O2+. The van der Waals surface area contributed by atoms with Crippen LogP contribution in [-0.2, 0) is 0 Å². The number of hydrogen-bond donors (Lipinski definition) is 4. The van der Waals surface area contributed by atoms with E-state index in [0.29, 0.717) is 0 Å². The van der Waals surface area contributed by atoms with E-state index in [1.807, 2.05) is 0 Å². The SMILES string of the molecule is N/C(=N/N=C/c1cc[n+](O)cc1)NO. The van der Waals surface area contributed by atoms with E-state index >= 15 is 0 Å². The Hall–Kier alpha value is -2.15. The average molecular weight is 196 g/mol. The number of nitrogens with one attached hydrogen (secondary N) is 1. The molecule has 0 amide bonds. The summed E-state index contributed by atoms with van der Waals surface area (Å²) < 4.78 is 0.907. The third-order valence-electron chi connectivity index (χ3n) is 1.33. The quantitative estimate of drug-likeness (QED) is 0.157. The molecule has 1 aromatic heterocycles. The van der Waals surface area contributed by atoms with Crippen LogP contribution in [0.15, 0.2) is 34.7 Å². The minimum Gasteiger partial charge on any atom is -0.367 e. The number of hydroxylamine groups is 1. The van der Waals surface area contributed by atoms with E-state index in [1.165, 1.54) is 18.6 Å². The topological polar surface area (TPSA) is 107 Å². The van der Waals surface area contributed by atoms with Gasteiger partial charge in [0.1, 0.15) is 0 Å². The molecule has 0 unspecified atom stereocenters. The van der Waals surface area contributed by atoms with Crippen LogP contribution in [0.1, 0.15) is 5.56 Å². The summed E-state index contributed by atoms with van der Waals surface area (Å²) in [6.45, 7) is 0. The van der Waals surface area contributed by atoms with Crippen LogP contribution in [0.25, 0.3) is 0 Å². The van der Waals surface area contributed by atoms with Crippen molar-refractivity contribution >= 4 is 12.2 Å². The summed E-state index contributed by atoms with van der Waals surface area (Å²) in [6.07, 6.45) is 4.31. The Morgan fingerprint density at radius 3 is 2.71 bits per heavy atom. The van der Waals surface area contributed by atoms with E-state index in [1.54, 1.807) is 17.6 Å². The summed E-state index contributed by atoms with van der Waals surface area (Å²) in [5.74, 6) is -0.200. The van der Waals surface area contributed by atoms with Gasteiger partial charge in [0.25, 0.3) is 0 Å². The highest BCUT2D eigenvalue weighted by Crippen LogP contribution is 1.89. The van der Waals surface area contributed by atoms with E-state index in [2.05, 4.69) is 10.2 Å². The van der Waals surface area contributed by atoms with Crippen LogP contribution in [0.4, 0.5) is 0 Å². The van der Waals surface area contributed by atoms with Crippen LogP contribution in [0.3, 0.4) is 0 Å². The highest BCUT2D eigenvalue weighted by molar-refractivity contribution is 5.81.